The Morgan fingerprint density at radius 1 is 1.53 bits per heavy atom. The molecule has 1 aromatic carbocycles. The normalized spacial score (nSPS) is 12.0. The molecule has 1 unspecified atom stereocenters. The summed E-state index contributed by atoms with van der Waals surface area (Å²) in [7, 11) is 1.54. The molecule has 0 aliphatic heterocycles. The van der Waals surface area contributed by atoms with E-state index in [0.29, 0.717) is 10.2 Å². The molecule has 82 valence electrons. The summed E-state index contributed by atoms with van der Waals surface area (Å²) in [4.78, 5) is 11.2. The van der Waals surface area contributed by atoms with E-state index in [1.165, 1.54) is 13.1 Å². The highest BCUT2D eigenvalue weighted by Gasteiger charge is 2.14. The van der Waals surface area contributed by atoms with Gasteiger partial charge in [0.2, 0.25) is 5.91 Å². The van der Waals surface area contributed by atoms with Gasteiger partial charge in [-0.25, -0.2) is 4.39 Å². The molecule has 0 bridgehead atoms. The first-order valence-electron chi connectivity index (χ1n) is 4.48. The standard InChI is InChI=1S/C10H12BrFN2O/c1-6(10(15)13-2)14-9-7(11)4-3-5-8(9)12/h3-6,14H,1-2H3,(H,13,15). The van der Waals surface area contributed by atoms with E-state index in [9.17, 15) is 9.18 Å². The Labute approximate surface area is 96.2 Å². The fourth-order valence-electron chi connectivity index (χ4n) is 1.13. The van der Waals surface area contributed by atoms with E-state index < -0.39 is 6.04 Å². The molecule has 0 saturated heterocycles. The smallest absolute Gasteiger partial charge is 0.241 e. The van der Waals surface area contributed by atoms with E-state index >= 15 is 0 Å². The average Bonchev–Trinajstić information content (AvgIpc) is 2.22. The van der Waals surface area contributed by atoms with Gasteiger partial charge in [-0.3, -0.25) is 4.79 Å². The maximum Gasteiger partial charge on any atom is 0.241 e. The van der Waals surface area contributed by atoms with Gasteiger partial charge >= 0.3 is 0 Å². The molecule has 3 nitrogen and oxygen atoms in total. The van der Waals surface area contributed by atoms with Gasteiger partial charge in [0.25, 0.3) is 0 Å². The number of rotatable bonds is 3. The quantitative estimate of drug-likeness (QED) is 0.887. The minimum absolute atomic E-state index is 0.190. The van der Waals surface area contributed by atoms with Gasteiger partial charge in [-0.15, -0.1) is 0 Å². The molecule has 1 atom stereocenters. The summed E-state index contributed by atoms with van der Waals surface area (Å²) in [6, 6.07) is 4.16. The van der Waals surface area contributed by atoms with Crippen LogP contribution in [0, 0.1) is 5.82 Å². The second-order valence-corrected chi connectivity index (χ2v) is 3.93. The SMILES string of the molecule is CNC(=O)C(C)Nc1c(F)cccc1Br. The molecule has 1 rings (SSSR count). The highest BCUT2D eigenvalue weighted by atomic mass is 79.9. The number of likely N-dealkylation sites (N-methyl/N-ethyl adjacent to an activating group) is 1. The molecule has 0 aromatic heterocycles. The lowest BCUT2D eigenvalue weighted by molar-refractivity contribution is -0.121. The lowest BCUT2D eigenvalue weighted by atomic mass is 10.2. The summed E-state index contributed by atoms with van der Waals surface area (Å²) in [6.07, 6.45) is 0. The molecule has 0 radical (unpaired) electrons. The number of hydrogen-bond acceptors (Lipinski definition) is 2. The van der Waals surface area contributed by atoms with E-state index in [0.717, 1.165) is 0 Å². The van der Waals surface area contributed by atoms with Crippen molar-refractivity contribution >= 4 is 27.5 Å². The predicted molar refractivity (Wildman–Crippen MR) is 61.3 cm³/mol. The molecule has 0 saturated carbocycles. The average molecular weight is 275 g/mol. The van der Waals surface area contributed by atoms with Crippen LogP contribution in [-0.2, 0) is 4.79 Å². The highest BCUT2D eigenvalue weighted by molar-refractivity contribution is 9.10. The Kier molecular flexibility index (Phi) is 4.08. The summed E-state index contributed by atoms with van der Waals surface area (Å²) >= 11 is 3.21. The van der Waals surface area contributed by atoms with Crippen LogP contribution < -0.4 is 10.6 Å². The monoisotopic (exact) mass is 274 g/mol. The van der Waals surface area contributed by atoms with Crippen molar-refractivity contribution in [3.05, 3.63) is 28.5 Å². The van der Waals surface area contributed by atoms with Crippen LogP contribution >= 0.6 is 15.9 Å². The Bertz CT molecular complexity index is 350. The fourth-order valence-corrected chi connectivity index (χ4v) is 1.59. The number of halogens is 2. The molecule has 0 heterocycles. The summed E-state index contributed by atoms with van der Waals surface area (Å²) in [5.41, 5.74) is 0.300. The van der Waals surface area contributed by atoms with Crippen LogP contribution in [0.2, 0.25) is 0 Å². The first kappa shape index (κ1) is 12.0. The lowest BCUT2D eigenvalue weighted by Crippen LogP contribution is -2.35. The second-order valence-electron chi connectivity index (χ2n) is 3.08. The van der Waals surface area contributed by atoms with Crippen molar-refractivity contribution in [2.45, 2.75) is 13.0 Å². The molecule has 0 spiro atoms. The molecular formula is C10H12BrFN2O. The number of nitrogens with one attached hydrogen (secondary N) is 2. The fraction of sp³-hybridized carbons (Fsp3) is 0.300. The van der Waals surface area contributed by atoms with E-state index in [-0.39, 0.29) is 11.7 Å². The van der Waals surface area contributed by atoms with Crippen LogP contribution in [0.25, 0.3) is 0 Å². The maximum atomic E-state index is 13.4. The van der Waals surface area contributed by atoms with E-state index in [1.807, 2.05) is 0 Å². The first-order chi connectivity index (χ1) is 7.06. The number of para-hydroxylation sites is 1. The highest BCUT2D eigenvalue weighted by Crippen LogP contribution is 2.25. The lowest BCUT2D eigenvalue weighted by Gasteiger charge is -2.15. The minimum atomic E-state index is -0.483. The van der Waals surface area contributed by atoms with Gasteiger partial charge < -0.3 is 10.6 Å². The molecule has 1 amide bonds. The van der Waals surface area contributed by atoms with Gasteiger partial charge in [0.05, 0.1) is 5.69 Å². The van der Waals surface area contributed by atoms with E-state index in [4.69, 9.17) is 0 Å². The Morgan fingerprint density at radius 3 is 2.73 bits per heavy atom. The van der Waals surface area contributed by atoms with Crippen molar-refractivity contribution in [1.82, 2.24) is 5.32 Å². The van der Waals surface area contributed by atoms with Crippen LogP contribution in [0.4, 0.5) is 10.1 Å². The van der Waals surface area contributed by atoms with Crippen molar-refractivity contribution in [2.24, 2.45) is 0 Å². The van der Waals surface area contributed by atoms with Gasteiger partial charge in [-0.1, -0.05) is 6.07 Å². The van der Waals surface area contributed by atoms with E-state index in [1.54, 1.807) is 19.1 Å². The van der Waals surface area contributed by atoms with Crippen LogP contribution in [0.3, 0.4) is 0 Å². The van der Waals surface area contributed by atoms with Crippen molar-refractivity contribution in [1.29, 1.82) is 0 Å². The number of anilines is 1. The largest absolute Gasteiger partial charge is 0.371 e. The zero-order valence-electron chi connectivity index (χ0n) is 8.47. The number of amides is 1. The van der Waals surface area contributed by atoms with Crippen LogP contribution in [0.15, 0.2) is 22.7 Å². The third kappa shape index (κ3) is 2.92. The van der Waals surface area contributed by atoms with E-state index in [2.05, 4.69) is 26.6 Å². The molecule has 0 fully saturated rings. The third-order valence-corrected chi connectivity index (χ3v) is 2.62. The molecule has 15 heavy (non-hydrogen) atoms. The minimum Gasteiger partial charge on any atom is -0.371 e. The molecule has 5 heteroatoms. The molecule has 2 N–H and O–H groups in total. The Morgan fingerprint density at radius 2 is 2.20 bits per heavy atom. The van der Waals surface area contributed by atoms with Gasteiger partial charge in [0, 0.05) is 11.5 Å². The maximum absolute atomic E-state index is 13.4. The van der Waals surface area contributed by atoms with Gasteiger partial charge in [0.15, 0.2) is 0 Å². The van der Waals surface area contributed by atoms with Crippen LogP contribution in [0.1, 0.15) is 6.92 Å². The zero-order valence-corrected chi connectivity index (χ0v) is 10.1. The summed E-state index contributed by atoms with van der Waals surface area (Å²) in [5.74, 6) is -0.578. The Hall–Kier alpha value is -1.10. The van der Waals surface area contributed by atoms with Crippen molar-refractivity contribution in [3.8, 4) is 0 Å². The predicted octanol–water partition coefficient (Wildman–Crippen LogP) is 2.13. The van der Waals surface area contributed by atoms with Gasteiger partial charge in [-0.05, 0) is 35.0 Å². The topological polar surface area (TPSA) is 41.1 Å². The molecule has 0 aliphatic carbocycles. The van der Waals surface area contributed by atoms with Crippen LogP contribution in [-0.4, -0.2) is 19.0 Å². The second kappa shape index (κ2) is 5.11. The summed E-state index contributed by atoms with van der Waals surface area (Å²) < 4.78 is 13.9. The number of hydrogen-bond donors (Lipinski definition) is 2. The van der Waals surface area contributed by atoms with Gasteiger partial charge in [-0.2, -0.15) is 0 Å². The van der Waals surface area contributed by atoms with Crippen molar-refractivity contribution < 1.29 is 9.18 Å². The molecule has 1 aromatic rings. The summed E-state index contributed by atoms with van der Waals surface area (Å²) in [5, 5.41) is 5.28. The van der Waals surface area contributed by atoms with Crippen LogP contribution in [0.5, 0.6) is 0 Å². The number of carbonyl (C=O) groups excluding carboxylic acids is 1. The molecular weight excluding hydrogens is 263 g/mol. The number of carbonyl (C=O) groups is 1. The van der Waals surface area contributed by atoms with Gasteiger partial charge in [0.1, 0.15) is 11.9 Å². The van der Waals surface area contributed by atoms with Crippen molar-refractivity contribution in [3.63, 3.8) is 0 Å². The Balaban J connectivity index is 2.85. The summed E-state index contributed by atoms with van der Waals surface area (Å²) in [6.45, 7) is 1.66. The number of benzene rings is 1. The molecule has 0 aliphatic rings. The zero-order chi connectivity index (χ0) is 11.4. The first-order valence-corrected chi connectivity index (χ1v) is 5.27. The van der Waals surface area contributed by atoms with Crippen molar-refractivity contribution in [2.75, 3.05) is 12.4 Å². The third-order valence-electron chi connectivity index (χ3n) is 1.96.